The molecule has 4 aromatic rings. The molecule has 0 aliphatic heterocycles. The van der Waals surface area contributed by atoms with Gasteiger partial charge in [0.2, 0.25) is 0 Å². The third kappa shape index (κ3) is 3.28. The van der Waals surface area contributed by atoms with E-state index in [0.29, 0.717) is 11.8 Å². The lowest BCUT2D eigenvalue weighted by Crippen LogP contribution is -2.39. The largest absolute Gasteiger partial charge is 0.744 e. The molecular formula is C27H19O6S-. The number of carbonyl (C=O) groups is 1. The number of ether oxygens (including phenoxy) is 2. The predicted molar refractivity (Wildman–Crippen MR) is 124 cm³/mol. The fourth-order valence-corrected chi connectivity index (χ4v) is 6.17. The Labute approximate surface area is 196 Å². The van der Waals surface area contributed by atoms with E-state index in [9.17, 15) is 17.8 Å². The van der Waals surface area contributed by atoms with Gasteiger partial charge in [0, 0.05) is 22.6 Å². The Balaban J connectivity index is 1.31. The Morgan fingerprint density at radius 2 is 1.32 bits per heavy atom. The molecule has 0 fully saturated rings. The van der Waals surface area contributed by atoms with Crippen molar-refractivity contribution in [2.45, 2.75) is 29.3 Å². The monoisotopic (exact) mass is 471 g/mol. The molecule has 0 aromatic heterocycles. The second-order valence-corrected chi connectivity index (χ2v) is 9.94. The van der Waals surface area contributed by atoms with Crippen LogP contribution in [0.25, 0.3) is 10.8 Å². The molecular weight excluding hydrogens is 452 g/mol. The standard InChI is InChI=1S/C27H20O6S/c28-27(32-23-13-14-25(34(29,30)31)19-10-4-3-9-18(19)23)33-24-15-22-16-7-1-5-11-20(16)26(24)21-12-6-2-8-17(21)22/h1-14,22,24,26H,15H2,(H,29,30,31)/p-1. The van der Waals surface area contributed by atoms with Gasteiger partial charge in [-0.05, 0) is 40.8 Å². The highest BCUT2D eigenvalue weighted by Crippen LogP contribution is 2.53. The first-order valence-electron chi connectivity index (χ1n) is 11.0. The maximum atomic E-state index is 12.9. The molecule has 1 unspecified atom stereocenters. The van der Waals surface area contributed by atoms with Gasteiger partial charge in [-0.15, -0.1) is 0 Å². The molecule has 6 nitrogen and oxygen atoms in total. The Kier molecular flexibility index (Phi) is 4.72. The molecule has 3 aliphatic rings. The summed E-state index contributed by atoms with van der Waals surface area (Å²) in [5.74, 6) is 0.182. The molecule has 0 radical (unpaired) electrons. The molecule has 0 saturated heterocycles. The van der Waals surface area contributed by atoms with Crippen molar-refractivity contribution in [2.24, 2.45) is 0 Å². The highest BCUT2D eigenvalue weighted by Gasteiger charge is 2.45. The quantitative estimate of drug-likeness (QED) is 0.228. The van der Waals surface area contributed by atoms with Crippen molar-refractivity contribution in [3.63, 3.8) is 0 Å². The fourth-order valence-electron chi connectivity index (χ4n) is 5.49. The molecule has 0 spiro atoms. The van der Waals surface area contributed by atoms with Gasteiger partial charge >= 0.3 is 6.16 Å². The zero-order chi connectivity index (χ0) is 23.4. The minimum absolute atomic E-state index is 0.0883. The minimum Gasteiger partial charge on any atom is -0.744 e. The number of carbonyl (C=O) groups excluding carboxylic acids is 1. The lowest BCUT2D eigenvalue weighted by atomic mass is 9.62. The second kappa shape index (κ2) is 7.68. The SMILES string of the molecule is O=C(Oc1ccc(S(=O)(=O)[O-])c2ccccc12)OC1CC2c3ccccc3C1c1ccccc12. The molecule has 7 heteroatoms. The summed E-state index contributed by atoms with van der Waals surface area (Å²) in [6.45, 7) is 0. The first kappa shape index (κ1) is 20.9. The van der Waals surface area contributed by atoms with E-state index in [0.717, 1.165) is 17.2 Å². The summed E-state index contributed by atoms with van der Waals surface area (Å²) in [5, 5.41) is 0.541. The molecule has 0 N–H and O–H groups in total. The fraction of sp³-hybridized carbons (Fsp3) is 0.148. The van der Waals surface area contributed by atoms with Crippen LogP contribution >= 0.6 is 0 Å². The van der Waals surface area contributed by atoms with Crippen LogP contribution in [0.3, 0.4) is 0 Å². The van der Waals surface area contributed by atoms with Gasteiger partial charge in [-0.3, -0.25) is 0 Å². The van der Waals surface area contributed by atoms with E-state index < -0.39 is 22.4 Å². The van der Waals surface area contributed by atoms with Gasteiger partial charge in [0.1, 0.15) is 22.0 Å². The average molecular weight is 472 g/mol. The maximum Gasteiger partial charge on any atom is 0.514 e. The number of hydrogen-bond donors (Lipinski definition) is 0. The Morgan fingerprint density at radius 3 is 1.94 bits per heavy atom. The van der Waals surface area contributed by atoms with Crippen molar-refractivity contribution < 1.29 is 27.2 Å². The van der Waals surface area contributed by atoms with Crippen LogP contribution in [0, 0.1) is 0 Å². The summed E-state index contributed by atoms with van der Waals surface area (Å²) >= 11 is 0. The lowest BCUT2D eigenvalue weighted by molar-refractivity contribution is 0.0385. The summed E-state index contributed by atoms with van der Waals surface area (Å²) in [6, 6.07) is 25.4. The third-order valence-corrected chi connectivity index (χ3v) is 7.70. The van der Waals surface area contributed by atoms with Gasteiger partial charge in [0.05, 0.1) is 4.90 Å². The van der Waals surface area contributed by atoms with Crippen molar-refractivity contribution in [1.29, 1.82) is 0 Å². The van der Waals surface area contributed by atoms with Crippen LogP contribution < -0.4 is 4.74 Å². The Bertz CT molecular complexity index is 1510. The van der Waals surface area contributed by atoms with E-state index in [4.69, 9.17) is 9.47 Å². The number of benzene rings is 4. The second-order valence-electron chi connectivity index (χ2n) is 8.59. The molecule has 170 valence electrons. The van der Waals surface area contributed by atoms with E-state index in [-0.39, 0.29) is 27.9 Å². The molecule has 0 saturated carbocycles. The molecule has 0 amide bonds. The van der Waals surface area contributed by atoms with Crippen LogP contribution in [-0.2, 0) is 14.9 Å². The summed E-state index contributed by atoms with van der Waals surface area (Å²) in [7, 11) is -4.68. The smallest absolute Gasteiger partial charge is 0.514 e. The van der Waals surface area contributed by atoms with Crippen LogP contribution in [0.1, 0.15) is 40.5 Å². The van der Waals surface area contributed by atoms with Crippen molar-refractivity contribution >= 4 is 27.0 Å². The molecule has 2 bridgehead atoms. The molecule has 4 aromatic carbocycles. The molecule has 3 aliphatic carbocycles. The summed E-state index contributed by atoms with van der Waals surface area (Å²) < 4.78 is 46.3. The first-order valence-corrected chi connectivity index (χ1v) is 12.4. The molecule has 34 heavy (non-hydrogen) atoms. The van der Waals surface area contributed by atoms with Crippen LogP contribution in [0.15, 0.2) is 89.8 Å². The van der Waals surface area contributed by atoms with Crippen molar-refractivity contribution in [1.82, 2.24) is 0 Å². The average Bonchev–Trinajstić information content (AvgIpc) is 2.83. The zero-order valence-electron chi connectivity index (χ0n) is 17.9. The minimum atomic E-state index is -4.68. The van der Waals surface area contributed by atoms with Crippen LogP contribution in [-0.4, -0.2) is 25.2 Å². The van der Waals surface area contributed by atoms with Crippen LogP contribution in [0.4, 0.5) is 4.79 Å². The highest BCUT2D eigenvalue weighted by molar-refractivity contribution is 7.86. The number of rotatable bonds is 3. The summed E-state index contributed by atoms with van der Waals surface area (Å²) in [6.07, 6.45) is -0.604. The number of hydrogen-bond acceptors (Lipinski definition) is 6. The van der Waals surface area contributed by atoms with Crippen molar-refractivity contribution in [2.75, 3.05) is 0 Å². The van der Waals surface area contributed by atoms with E-state index in [2.05, 4.69) is 24.3 Å². The highest BCUT2D eigenvalue weighted by atomic mass is 32.2. The van der Waals surface area contributed by atoms with Crippen LogP contribution in [0.5, 0.6) is 5.75 Å². The van der Waals surface area contributed by atoms with E-state index in [1.54, 1.807) is 18.2 Å². The van der Waals surface area contributed by atoms with Crippen LogP contribution in [0.2, 0.25) is 0 Å². The first-order chi connectivity index (χ1) is 16.4. The van der Waals surface area contributed by atoms with Gasteiger partial charge in [0.15, 0.2) is 0 Å². The van der Waals surface area contributed by atoms with Gasteiger partial charge in [-0.2, -0.15) is 0 Å². The Morgan fingerprint density at radius 1 is 0.765 bits per heavy atom. The number of fused-ring (bicyclic) bond motifs is 2. The molecule has 7 rings (SSSR count). The van der Waals surface area contributed by atoms with E-state index in [1.165, 1.54) is 23.3 Å². The van der Waals surface area contributed by atoms with Crippen molar-refractivity contribution in [3.8, 4) is 5.75 Å². The summed E-state index contributed by atoms with van der Waals surface area (Å²) in [4.78, 5) is 12.5. The van der Waals surface area contributed by atoms with Gasteiger partial charge < -0.3 is 14.0 Å². The third-order valence-electron chi connectivity index (χ3n) is 6.81. The molecule has 0 heterocycles. The van der Waals surface area contributed by atoms with E-state index in [1.807, 2.05) is 24.3 Å². The predicted octanol–water partition coefficient (Wildman–Crippen LogP) is 5.31. The summed E-state index contributed by atoms with van der Waals surface area (Å²) in [5.41, 5.74) is 4.84. The Hall–Kier alpha value is -3.68. The van der Waals surface area contributed by atoms with Crippen molar-refractivity contribution in [3.05, 3.63) is 107 Å². The zero-order valence-corrected chi connectivity index (χ0v) is 18.7. The van der Waals surface area contributed by atoms with E-state index >= 15 is 0 Å². The van der Waals surface area contributed by atoms with Gasteiger partial charge in [-0.1, -0.05) is 72.8 Å². The van der Waals surface area contributed by atoms with Gasteiger partial charge in [-0.25, -0.2) is 13.2 Å². The van der Waals surface area contributed by atoms with Gasteiger partial charge in [0.25, 0.3) is 0 Å². The topological polar surface area (TPSA) is 92.7 Å². The molecule has 1 atom stereocenters. The normalized spacial score (nSPS) is 20.4. The lowest BCUT2D eigenvalue weighted by Gasteiger charge is -2.44. The maximum absolute atomic E-state index is 12.9.